The van der Waals surface area contributed by atoms with E-state index in [9.17, 15) is 14.3 Å². The second-order valence-corrected chi connectivity index (χ2v) is 4.09. The van der Waals surface area contributed by atoms with Crippen molar-refractivity contribution in [1.82, 2.24) is 5.32 Å². The van der Waals surface area contributed by atoms with Gasteiger partial charge < -0.3 is 10.4 Å². The summed E-state index contributed by atoms with van der Waals surface area (Å²) in [6.07, 6.45) is 1.52. The van der Waals surface area contributed by atoms with Gasteiger partial charge in [-0.2, -0.15) is 0 Å². The van der Waals surface area contributed by atoms with Gasteiger partial charge in [0, 0.05) is 6.54 Å². The van der Waals surface area contributed by atoms with E-state index in [1.807, 2.05) is 0 Å². The molecule has 0 saturated heterocycles. The van der Waals surface area contributed by atoms with Crippen LogP contribution in [-0.4, -0.2) is 23.7 Å². The Labute approximate surface area is 93.3 Å². The monoisotopic (exact) mass is 223 g/mol. The van der Waals surface area contributed by atoms with E-state index in [4.69, 9.17) is 0 Å². The predicted octanol–water partition coefficient (Wildman–Crippen LogP) is 1.33. The van der Waals surface area contributed by atoms with Crippen molar-refractivity contribution in [2.24, 2.45) is 5.92 Å². The molecule has 2 rings (SSSR count). The first kappa shape index (κ1) is 11.1. The Hall–Kier alpha value is -1.42. The van der Waals surface area contributed by atoms with Gasteiger partial charge in [0.1, 0.15) is 5.82 Å². The quantitative estimate of drug-likeness (QED) is 0.809. The maximum atomic E-state index is 13.2. The molecule has 0 aliphatic heterocycles. The molecule has 86 valence electrons. The van der Waals surface area contributed by atoms with E-state index in [-0.39, 0.29) is 12.1 Å². The van der Waals surface area contributed by atoms with Crippen molar-refractivity contribution in [1.29, 1.82) is 0 Å². The van der Waals surface area contributed by atoms with E-state index in [0.717, 1.165) is 12.8 Å². The smallest absolute Gasteiger partial charge is 0.254 e. The highest BCUT2D eigenvalue weighted by Crippen LogP contribution is 2.32. The number of benzene rings is 1. The zero-order valence-electron chi connectivity index (χ0n) is 8.82. The molecule has 1 saturated carbocycles. The van der Waals surface area contributed by atoms with Crippen LogP contribution < -0.4 is 5.32 Å². The fourth-order valence-corrected chi connectivity index (χ4v) is 1.59. The Bertz CT molecular complexity index is 390. The first-order valence-electron chi connectivity index (χ1n) is 5.39. The number of hydrogen-bond donors (Lipinski definition) is 2. The molecule has 0 heterocycles. The summed E-state index contributed by atoms with van der Waals surface area (Å²) in [6, 6.07) is 5.81. The third kappa shape index (κ3) is 2.58. The van der Waals surface area contributed by atoms with Gasteiger partial charge in [0.25, 0.3) is 5.91 Å². The number of hydrogen-bond acceptors (Lipinski definition) is 2. The van der Waals surface area contributed by atoms with Gasteiger partial charge in [-0.3, -0.25) is 4.79 Å². The molecule has 0 bridgehead atoms. The van der Waals surface area contributed by atoms with Gasteiger partial charge in [0.05, 0.1) is 11.7 Å². The van der Waals surface area contributed by atoms with Gasteiger partial charge in [-0.1, -0.05) is 12.1 Å². The van der Waals surface area contributed by atoms with Crippen molar-refractivity contribution < 1.29 is 14.3 Å². The summed E-state index contributed by atoms with van der Waals surface area (Å²) in [5.74, 6) is -0.709. The number of carbonyl (C=O) groups is 1. The molecule has 1 aliphatic carbocycles. The first-order chi connectivity index (χ1) is 7.68. The normalized spacial score (nSPS) is 16.9. The molecular formula is C12H14FNO2. The summed E-state index contributed by atoms with van der Waals surface area (Å²) < 4.78 is 13.2. The highest BCUT2D eigenvalue weighted by atomic mass is 19.1. The van der Waals surface area contributed by atoms with Crippen LogP contribution in [0.25, 0.3) is 0 Å². The van der Waals surface area contributed by atoms with Crippen molar-refractivity contribution in [3.63, 3.8) is 0 Å². The summed E-state index contributed by atoms with van der Waals surface area (Å²) in [5, 5.41) is 12.1. The van der Waals surface area contributed by atoms with E-state index >= 15 is 0 Å². The summed E-state index contributed by atoms with van der Waals surface area (Å²) in [6.45, 7) is 0.192. The fraction of sp³-hybridized carbons (Fsp3) is 0.417. The van der Waals surface area contributed by atoms with Crippen molar-refractivity contribution in [2.75, 3.05) is 6.54 Å². The Morgan fingerprint density at radius 2 is 2.19 bits per heavy atom. The number of aliphatic hydroxyl groups is 1. The molecule has 1 aromatic rings. The number of halogens is 1. The number of carbonyl (C=O) groups excluding carboxylic acids is 1. The van der Waals surface area contributed by atoms with Crippen LogP contribution in [0.4, 0.5) is 4.39 Å². The van der Waals surface area contributed by atoms with Gasteiger partial charge in [0.15, 0.2) is 0 Å². The highest BCUT2D eigenvalue weighted by Gasteiger charge is 2.29. The number of rotatable bonds is 4. The second-order valence-electron chi connectivity index (χ2n) is 4.09. The lowest BCUT2D eigenvalue weighted by Gasteiger charge is -2.10. The third-order valence-corrected chi connectivity index (χ3v) is 2.76. The molecule has 1 unspecified atom stereocenters. The Balaban J connectivity index is 1.90. The average Bonchev–Trinajstić information content (AvgIpc) is 3.10. The molecule has 0 aromatic heterocycles. The summed E-state index contributed by atoms with van der Waals surface area (Å²) in [7, 11) is 0. The minimum atomic E-state index is -0.541. The highest BCUT2D eigenvalue weighted by molar-refractivity contribution is 5.94. The minimum Gasteiger partial charge on any atom is -0.391 e. The third-order valence-electron chi connectivity index (χ3n) is 2.76. The lowest BCUT2D eigenvalue weighted by Crippen LogP contribution is -2.33. The Morgan fingerprint density at radius 1 is 1.50 bits per heavy atom. The van der Waals surface area contributed by atoms with Crippen molar-refractivity contribution >= 4 is 5.91 Å². The maximum Gasteiger partial charge on any atom is 0.254 e. The molecular weight excluding hydrogens is 209 g/mol. The SMILES string of the molecule is O=C(NCC(O)C1CC1)c1ccccc1F. The molecule has 1 amide bonds. The zero-order chi connectivity index (χ0) is 11.5. The van der Waals surface area contributed by atoms with Crippen molar-refractivity contribution in [3.05, 3.63) is 35.6 Å². The van der Waals surface area contributed by atoms with Crippen molar-refractivity contribution in [2.45, 2.75) is 18.9 Å². The average molecular weight is 223 g/mol. The van der Waals surface area contributed by atoms with Gasteiger partial charge in [-0.15, -0.1) is 0 Å². The molecule has 1 aromatic carbocycles. The molecule has 4 heteroatoms. The fourth-order valence-electron chi connectivity index (χ4n) is 1.59. The van der Waals surface area contributed by atoms with E-state index in [2.05, 4.69) is 5.32 Å². The topological polar surface area (TPSA) is 49.3 Å². The Morgan fingerprint density at radius 3 is 2.81 bits per heavy atom. The van der Waals surface area contributed by atoms with Crippen LogP contribution in [0, 0.1) is 11.7 Å². The summed E-state index contributed by atoms with van der Waals surface area (Å²) >= 11 is 0. The van der Waals surface area contributed by atoms with Crippen LogP contribution in [0.3, 0.4) is 0 Å². The van der Waals surface area contributed by atoms with Gasteiger partial charge >= 0.3 is 0 Å². The van der Waals surface area contributed by atoms with E-state index in [0.29, 0.717) is 5.92 Å². The van der Waals surface area contributed by atoms with Gasteiger partial charge in [-0.25, -0.2) is 4.39 Å². The van der Waals surface area contributed by atoms with Crippen LogP contribution in [0.1, 0.15) is 23.2 Å². The first-order valence-corrected chi connectivity index (χ1v) is 5.39. The lowest BCUT2D eigenvalue weighted by atomic mass is 10.2. The minimum absolute atomic E-state index is 0.0190. The number of nitrogens with one attached hydrogen (secondary N) is 1. The molecule has 2 N–H and O–H groups in total. The standard InChI is InChI=1S/C12H14FNO2/c13-10-4-2-1-3-9(10)12(16)14-7-11(15)8-5-6-8/h1-4,8,11,15H,5-7H2,(H,14,16). The van der Waals surface area contributed by atoms with Gasteiger partial charge in [-0.05, 0) is 30.9 Å². The Kier molecular flexibility index (Phi) is 3.19. The zero-order valence-corrected chi connectivity index (χ0v) is 8.82. The molecule has 16 heavy (non-hydrogen) atoms. The van der Waals surface area contributed by atoms with Crippen LogP contribution in [0.2, 0.25) is 0 Å². The molecule has 1 atom stereocenters. The summed E-state index contributed by atoms with van der Waals surface area (Å²) in [4.78, 5) is 11.6. The van der Waals surface area contributed by atoms with Crippen molar-refractivity contribution in [3.8, 4) is 0 Å². The van der Waals surface area contributed by atoms with Crippen LogP contribution in [-0.2, 0) is 0 Å². The van der Waals surface area contributed by atoms with E-state index in [1.54, 1.807) is 6.07 Å². The lowest BCUT2D eigenvalue weighted by molar-refractivity contribution is 0.0897. The number of amides is 1. The number of aliphatic hydroxyl groups excluding tert-OH is 1. The van der Waals surface area contributed by atoms with Crippen LogP contribution >= 0.6 is 0 Å². The van der Waals surface area contributed by atoms with E-state index in [1.165, 1.54) is 18.2 Å². The maximum absolute atomic E-state index is 13.2. The molecule has 0 radical (unpaired) electrons. The predicted molar refractivity (Wildman–Crippen MR) is 57.5 cm³/mol. The van der Waals surface area contributed by atoms with Gasteiger partial charge in [0.2, 0.25) is 0 Å². The molecule has 1 fully saturated rings. The molecule has 3 nitrogen and oxygen atoms in total. The van der Waals surface area contributed by atoms with E-state index < -0.39 is 17.8 Å². The summed E-state index contributed by atoms with van der Waals surface area (Å²) in [5.41, 5.74) is 0.0190. The molecule has 1 aliphatic rings. The second kappa shape index (κ2) is 4.61. The molecule has 0 spiro atoms. The van der Waals surface area contributed by atoms with Crippen LogP contribution in [0.5, 0.6) is 0 Å². The largest absolute Gasteiger partial charge is 0.391 e. The van der Waals surface area contributed by atoms with Crippen LogP contribution in [0.15, 0.2) is 24.3 Å².